The van der Waals surface area contributed by atoms with Crippen molar-refractivity contribution < 1.29 is 32.6 Å². The number of rotatable bonds is 3. The zero-order valence-corrected chi connectivity index (χ0v) is 12.2. The molecule has 1 saturated heterocycles. The molecule has 0 unspecified atom stereocenters. The minimum absolute atomic E-state index is 0.250. The molecule has 1 fully saturated rings. The number of carbonyl (C=O) groups excluding carboxylic acids is 1. The number of likely N-dealkylation sites (tertiary alicyclic amines) is 1. The third-order valence-electron chi connectivity index (χ3n) is 4.03. The molecule has 23 heavy (non-hydrogen) atoms. The molecule has 0 radical (unpaired) electrons. The van der Waals surface area contributed by atoms with Gasteiger partial charge in [-0.05, 0) is 18.4 Å². The fraction of sp³-hybridized carbons (Fsp3) is 0.467. The van der Waals surface area contributed by atoms with E-state index in [0.29, 0.717) is 5.56 Å². The lowest BCUT2D eigenvalue weighted by Gasteiger charge is -2.39. The maximum Gasteiger partial charge on any atom is 0.407 e. The smallest absolute Gasteiger partial charge is 0.407 e. The van der Waals surface area contributed by atoms with Crippen molar-refractivity contribution in [3.8, 4) is 0 Å². The summed E-state index contributed by atoms with van der Waals surface area (Å²) in [5.74, 6) is -1.35. The highest BCUT2D eigenvalue weighted by atomic mass is 19.4. The predicted octanol–water partition coefficient (Wildman–Crippen LogP) is 3.05. The number of hydrogen-bond acceptors (Lipinski definition) is 3. The van der Waals surface area contributed by atoms with Crippen LogP contribution in [-0.4, -0.2) is 41.3 Å². The molecular formula is C15H16F3NO4. The van der Waals surface area contributed by atoms with Crippen LogP contribution in [0.4, 0.5) is 18.0 Å². The van der Waals surface area contributed by atoms with E-state index in [-0.39, 0.29) is 19.7 Å². The summed E-state index contributed by atoms with van der Waals surface area (Å²) >= 11 is 0. The maximum atomic E-state index is 13.4. The Kier molecular flexibility index (Phi) is 4.82. The molecule has 0 aromatic heterocycles. The van der Waals surface area contributed by atoms with Crippen LogP contribution in [0.3, 0.4) is 0 Å². The molecule has 1 aliphatic rings. The third kappa shape index (κ3) is 3.57. The highest BCUT2D eigenvalue weighted by Gasteiger charge is 2.62. The van der Waals surface area contributed by atoms with Gasteiger partial charge in [0, 0.05) is 13.1 Å². The second-order valence-corrected chi connectivity index (χ2v) is 5.41. The van der Waals surface area contributed by atoms with Gasteiger partial charge in [0.05, 0.1) is 0 Å². The molecule has 0 bridgehead atoms. The van der Waals surface area contributed by atoms with Crippen molar-refractivity contribution in [2.24, 2.45) is 5.41 Å². The number of hydrogen-bond donors (Lipinski definition) is 1. The largest absolute Gasteiger partial charge is 0.465 e. The first-order valence-electron chi connectivity index (χ1n) is 7.02. The zero-order chi connectivity index (χ0) is 17.1. The van der Waals surface area contributed by atoms with Crippen molar-refractivity contribution in [1.29, 1.82) is 0 Å². The van der Waals surface area contributed by atoms with Crippen LogP contribution in [0.25, 0.3) is 0 Å². The van der Waals surface area contributed by atoms with E-state index in [2.05, 4.69) is 0 Å². The summed E-state index contributed by atoms with van der Waals surface area (Å²) in [5.41, 5.74) is -2.06. The lowest BCUT2D eigenvalue weighted by Crippen LogP contribution is -2.54. The highest BCUT2D eigenvalue weighted by molar-refractivity contribution is 5.78. The predicted molar refractivity (Wildman–Crippen MR) is 73.6 cm³/mol. The van der Waals surface area contributed by atoms with Gasteiger partial charge in [0.25, 0.3) is 0 Å². The van der Waals surface area contributed by atoms with E-state index < -0.39 is 36.5 Å². The molecule has 0 spiro atoms. The molecule has 126 valence electrons. The Hall–Kier alpha value is -2.25. The van der Waals surface area contributed by atoms with E-state index >= 15 is 0 Å². The first-order chi connectivity index (χ1) is 10.8. The van der Waals surface area contributed by atoms with Crippen LogP contribution in [0.15, 0.2) is 30.3 Å². The lowest BCUT2D eigenvalue weighted by atomic mass is 9.77. The fourth-order valence-corrected chi connectivity index (χ4v) is 2.54. The summed E-state index contributed by atoms with van der Waals surface area (Å²) in [4.78, 5) is 23.8. The molecule has 1 aromatic rings. The van der Waals surface area contributed by atoms with Gasteiger partial charge in [-0.1, -0.05) is 30.3 Å². The van der Waals surface area contributed by atoms with Crippen LogP contribution in [0.5, 0.6) is 0 Å². The van der Waals surface area contributed by atoms with Crippen molar-refractivity contribution in [2.45, 2.75) is 25.6 Å². The van der Waals surface area contributed by atoms with Gasteiger partial charge in [0.2, 0.25) is 0 Å². The summed E-state index contributed by atoms with van der Waals surface area (Å²) in [6.07, 6.45) is -7.34. The van der Waals surface area contributed by atoms with Crippen LogP contribution in [0.2, 0.25) is 0 Å². The van der Waals surface area contributed by atoms with E-state index in [1.54, 1.807) is 30.3 Å². The highest BCUT2D eigenvalue weighted by Crippen LogP contribution is 2.47. The second kappa shape index (κ2) is 6.47. The number of ether oxygens (including phenoxy) is 1. The maximum absolute atomic E-state index is 13.4. The number of halogens is 3. The molecular weight excluding hydrogens is 315 g/mol. The molecule has 1 amide bonds. The monoisotopic (exact) mass is 331 g/mol. The molecule has 1 aliphatic heterocycles. The van der Waals surface area contributed by atoms with Gasteiger partial charge in [-0.25, -0.2) is 4.79 Å². The van der Waals surface area contributed by atoms with Crippen LogP contribution < -0.4 is 0 Å². The SMILES string of the molecule is O=C(O)N1CCC(C(=O)OCc2ccccc2)(C(F)(F)F)CC1. The Bertz CT molecular complexity index is 566. The summed E-state index contributed by atoms with van der Waals surface area (Å²) < 4.78 is 45.2. The van der Waals surface area contributed by atoms with Gasteiger partial charge >= 0.3 is 18.2 Å². The molecule has 0 atom stereocenters. The number of carboxylic acid groups (broad SMARTS) is 1. The summed E-state index contributed by atoms with van der Waals surface area (Å²) in [5, 5.41) is 8.83. The minimum Gasteiger partial charge on any atom is -0.465 e. The van der Waals surface area contributed by atoms with Gasteiger partial charge in [-0.2, -0.15) is 13.2 Å². The van der Waals surface area contributed by atoms with Crippen molar-refractivity contribution in [1.82, 2.24) is 4.90 Å². The molecule has 0 aliphatic carbocycles. The first-order valence-corrected chi connectivity index (χ1v) is 7.02. The van der Waals surface area contributed by atoms with E-state index in [0.717, 1.165) is 4.90 Å². The normalized spacial score (nSPS) is 17.6. The van der Waals surface area contributed by atoms with Gasteiger partial charge in [0.1, 0.15) is 6.61 Å². The van der Waals surface area contributed by atoms with Crippen molar-refractivity contribution in [3.63, 3.8) is 0 Å². The lowest BCUT2D eigenvalue weighted by molar-refractivity contribution is -0.245. The zero-order valence-electron chi connectivity index (χ0n) is 12.2. The van der Waals surface area contributed by atoms with Crippen LogP contribution in [0.1, 0.15) is 18.4 Å². The Balaban J connectivity index is 2.10. The molecule has 8 heteroatoms. The molecule has 2 rings (SSSR count). The van der Waals surface area contributed by atoms with E-state index in [4.69, 9.17) is 9.84 Å². The van der Waals surface area contributed by atoms with Crippen molar-refractivity contribution >= 4 is 12.1 Å². The van der Waals surface area contributed by atoms with Crippen LogP contribution in [0, 0.1) is 5.41 Å². The van der Waals surface area contributed by atoms with E-state index in [1.165, 1.54) is 0 Å². The summed E-state index contributed by atoms with van der Waals surface area (Å²) in [6.45, 7) is -0.954. The second-order valence-electron chi connectivity index (χ2n) is 5.41. The third-order valence-corrected chi connectivity index (χ3v) is 4.03. The van der Waals surface area contributed by atoms with Gasteiger partial charge in [-0.3, -0.25) is 4.79 Å². The van der Waals surface area contributed by atoms with Crippen LogP contribution in [-0.2, 0) is 16.1 Å². The van der Waals surface area contributed by atoms with Crippen molar-refractivity contribution in [2.75, 3.05) is 13.1 Å². The Morgan fingerprint density at radius 1 is 1.17 bits per heavy atom. The number of carbonyl (C=O) groups is 2. The number of esters is 1. The number of nitrogens with zero attached hydrogens (tertiary/aromatic N) is 1. The minimum atomic E-state index is -4.79. The fourth-order valence-electron chi connectivity index (χ4n) is 2.54. The van der Waals surface area contributed by atoms with Crippen LogP contribution >= 0.6 is 0 Å². The Labute approximate surface area is 130 Å². The standard InChI is InChI=1S/C15H16F3NO4/c16-15(17,18)14(6-8-19(9-7-14)13(21)22)12(20)23-10-11-4-2-1-3-5-11/h1-5H,6-10H2,(H,21,22). The number of benzene rings is 1. The average Bonchev–Trinajstić information content (AvgIpc) is 2.52. The molecule has 1 N–H and O–H groups in total. The molecule has 1 aromatic carbocycles. The number of alkyl halides is 3. The quantitative estimate of drug-likeness (QED) is 0.865. The first kappa shape index (κ1) is 17.1. The topological polar surface area (TPSA) is 66.8 Å². The molecule has 1 heterocycles. The van der Waals surface area contributed by atoms with E-state index in [9.17, 15) is 22.8 Å². The Morgan fingerprint density at radius 3 is 2.22 bits per heavy atom. The summed E-state index contributed by atoms with van der Waals surface area (Å²) in [6, 6.07) is 8.40. The number of amides is 1. The van der Waals surface area contributed by atoms with Gasteiger partial charge in [0.15, 0.2) is 5.41 Å². The average molecular weight is 331 g/mol. The summed E-state index contributed by atoms with van der Waals surface area (Å²) in [7, 11) is 0. The van der Waals surface area contributed by atoms with Gasteiger partial charge in [-0.15, -0.1) is 0 Å². The van der Waals surface area contributed by atoms with Crippen molar-refractivity contribution in [3.05, 3.63) is 35.9 Å². The van der Waals surface area contributed by atoms with E-state index in [1.807, 2.05) is 0 Å². The molecule has 5 nitrogen and oxygen atoms in total. The Morgan fingerprint density at radius 2 is 1.74 bits per heavy atom. The number of piperidine rings is 1. The van der Waals surface area contributed by atoms with Gasteiger partial charge < -0.3 is 14.7 Å². The molecule has 0 saturated carbocycles.